The number of hydrogen-bond acceptors (Lipinski definition) is 5. The second-order valence-corrected chi connectivity index (χ2v) is 7.77. The minimum atomic E-state index is -0.931. The van der Waals surface area contributed by atoms with E-state index in [9.17, 15) is 19.2 Å². The topological polar surface area (TPSA) is 126 Å². The average molecular weight is 469 g/mol. The average Bonchev–Trinajstić information content (AvgIpc) is 2.86. The van der Waals surface area contributed by atoms with Gasteiger partial charge < -0.3 is 26.0 Å². The van der Waals surface area contributed by atoms with Crippen LogP contribution in [0.2, 0.25) is 0 Å². The number of hydrogen-bond donors (Lipinski definition) is 4. The molecule has 2 aromatic rings. The highest BCUT2D eigenvalue weighted by atomic mass is 16.5. The number of benzene rings is 2. The van der Waals surface area contributed by atoms with Gasteiger partial charge in [-0.25, -0.2) is 4.79 Å². The van der Waals surface area contributed by atoms with E-state index in [0.717, 1.165) is 11.1 Å². The Hall–Kier alpha value is -3.88. The maximum absolute atomic E-state index is 12.6. The van der Waals surface area contributed by atoms with Crippen LogP contribution in [0.4, 0.5) is 4.79 Å². The number of amides is 4. The summed E-state index contributed by atoms with van der Waals surface area (Å²) in [6.45, 7) is 3.19. The third kappa shape index (κ3) is 8.57. The molecule has 182 valence electrons. The fourth-order valence-corrected chi connectivity index (χ4v) is 3.31. The van der Waals surface area contributed by atoms with Crippen LogP contribution in [0.3, 0.4) is 0 Å². The number of carbonyl (C=O) groups excluding carboxylic acids is 4. The molecule has 4 amide bonds. The Kier molecular flexibility index (Phi) is 10.6. The van der Waals surface area contributed by atoms with E-state index >= 15 is 0 Å². The van der Waals surface area contributed by atoms with Gasteiger partial charge in [0.2, 0.25) is 17.7 Å². The second kappa shape index (κ2) is 13.6. The first kappa shape index (κ1) is 26.4. The summed E-state index contributed by atoms with van der Waals surface area (Å²) in [5.41, 5.74) is 1.81. The highest BCUT2D eigenvalue weighted by molar-refractivity contribution is 5.92. The molecule has 0 bridgehead atoms. The molecule has 1 unspecified atom stereocenters. The van der Waals surface area contributed by atoms with Crippen LogP contribution in [-0.2, 0) is 25.5 Å². The fraction of sp³-hybridized carbons (Fsp3) is 0.360. The molecule has 9 heteroatoms. The van der Waals surface area contributed by atoms with Crippen molar-refractivity contribution >= 4 is 23.8 Å². The van der Waals surface area contributed by atoms with Gasteiger partial charge in [-0.3, -0.25) is 14.4 Å². The lowest BCUT2D eigenvalue weighted by Crippen LogP contribution is -2.52. The predicted molar refractivity (Wildman–Crippen MR) is 128 cm³/mol. The lowest BCUT2D eigenvalue weighted by Gasteiger charge is -2.21. The van der Waals surface area contributed by atoms with Crippen molar-refractivity contribution in [3.8, 4) is 0 Å². The number of carbonyl (C=O) groups is 4. The molecule has 0 aliphatic heterocycles. The summed E-state index contributed by atoms with van der Waals surface area (Å²) in [7, 11) is 1.20. The van der Waals surface area contributed by atoms with Gasteiger partial charge in [0.1, 0.15) is 12.1 Å². The Bertz CT molecular complexity index is 952. The zero-order chi connectivity index (χ0) is 24.9. The molecule has 34 heavy (non-hydrogen) atoms. The van der Waals surface area contributed by atoms with Crippen molar-refractivity contribution in [2.75, 3.05) is 13.7 Å². The fourth-order valence-electron chi connectivity index (χ4n) is 3.31. The predicted octanol–water partition coefficient (Wildman–Crippen LogP) is 1.84. The molecule has 0 saturated carbocycles. The molecule has 0 saturated heterocycles. The standard InChI is InChI=1S/C25H32N4O5/c1-4-20(19-13-9-6-10-14-19)28-23(31)17(2)27-22(30)16-26-24(32)21(29-25(33)34-3)15-18-11-7-5-8-12-18/h5-14,17,20-21H,4,15-16H2,1-3H3,(H,26,32)(H,27,30)(H,28,31)(H,29,33)/t17-,20?,21-/m0/s1. The van der Waals surface area contributed by atoms with Crippen molar-refractivity contribution in [2.45, 2.75) is 44.8 Å². The zero-order valence-electron chi connectivity index (χ0n) is 19.7. The Morgan fingerprint density at radius 2 is 1.47 bits per heavy atom. The first-order valence-electron chi connectivity index (χ1n) is 11.1. The van der Waals surface area contributed by atoms with Gasteiger partial charge in [0.15, 0.2) is 0 Å². The summed E-state index contributed by atoms with van der Waals surface area (Å²) in [6, 6.07) is 16.8. The van der Waals surface area contributed by atoms with E-state index in [1.807, 2.05) is 67.6 Å². The van der Waals surface area contributed by atoms with Crippen LogP contribution in [-0.4, -0.2) is 49.6 Å². The van der Waals surface area contributed by atoms with Crippen molar-refractivity contribution in [1.29, 1.82) is 0 Å². The number of rotatable bonds is 11. The van der Waals surface area contributed by atoms with Crippen molar-refractivity contribution in [3.05, 3.63) is 71.8 Å². The van der Waals surface area contributed by atoms with E-state index in [1.54, 1.807) is 6.92 Å². The second-order valence-electron chi connectivity index (χ2n) is 7.77. The van der Waals surface area contributed by atoms with Crippen molar-refractivity contribution in [1.82, 2.24) is 21.3 Å². The van der Waals surface area contributed by atoms with Gasteiger partial charge in [0.05, 0.1) is 19.7 Å². The molecule has 3 atom stereocenters. The van der Waals surface area contributed by atoms with Gasteiger partial charge >= 0.3 is 6.09 Å². The van der Waals surface area contributed by atoms with E-state index in [0.29, 0.717) is 6.42 Å². The van der Waals surface area contributed by atoms with Crippen LogP contribution in [0.15, 0.2) is 60.7 Å². The van der Waals surface area contributed by atoms with Crippen LogP contribution in [0.1, 0.15) is 37.4 Å². The molecule has 2 aromatic carbocycles. The quantitative estimate of drug-likeness (QED) is 0.400. The van der Waals surface area contributed by atoms with Gasteiger partial charge in [-0.05, 0) is 24.5 Å². The van der Waals surface area contributed by atoms with Gasteiger partial charge in [-0.15, -0.1) is 0 Å². The van der Waals surface area contributed by atoms with Gasteiger partial charge in [-0.2, -0.15) is 0 Å². The number of methoxy groups -OCH3 is 1. The van der Waals surface area contributed by atoms with Crippen LogP contribution < -0.4 is 21.3 Å². The van der Waals surface area contributed by atoms with Crippen LogP contribution in [0, 0.1) is 0 Å². The molecular formula is C25H32N4O5. The summed E-state index contributed by atoms with van der Waals surface area (Å²) >= 11 is 0. The van der Waals surface area contributed by atoms with E-state index in [4.69, 9.17) is 0 Å². The molecular weight excluding hydrogens is 436 g/mol. The van der Waals surface area contributed by atoms with E-state index in [2.05, 4.69) is 26.0 Å². The number of alkyl carbamates (subject to hydrolysis) is 1. The molecule has 9 nitrogen and oxygen atoms in total. The first-order chi connectivity index (χ1) is 16.3. The third-order valence-corrected chi connectivity index (χ3v) is 5.20. The van der Waals surface area contributed by atoms with Gasteiger partial charge in [0, 0.05) is 6.42 Å². The molecule has 2 rings (SSSR count). The van der Waals surface area contributed by atoms with Crippen molar-refractivity contribution in [2.24, 2.45) is 0 Å². The molecule has 0 radical (unpaired) electrons. The van der Waals surface area contributed by atoms with E-state index in [1.165, 1.54) is 7.11 Å². The molecule has 0 aromatic heterocycles. The minimum Gasteiger partial charge on any atom is -0.453 e. The molecule has 0 spiro atoms. The maximum atomic E-state index is 12.6. The maximum Gasteiger partial charge on any atom is 0.407 e. The summed E-state index contributed by atoms with van der Waals surface area (Å²) in [5.74, 6) is -1.40. The van der Waals surface area contributed by atoms with E-state index < -0.39 is 30.0 Å². The van der Waals surface area contributed by atoms with Gasteiger partial charge in [0.25, 0.3) is 0 Å². The Balaban J connectivity index is 1.87. The van der Waals surface area contributed by atoms with Gasteiger partial charge in [-0.1, -0.05) is 67.6 Å². The monoisotopic (exact) mass is 468 g/mol. The zero-order valence-corrected chi connectivity index (χ0v) is 19.7. The molecule has 0 fully saturated rings. The normalized spacial score (nSPS) is 13.0. The summed E-state index contributed by atoms with van der Waals surface area (Å²) in [6.07, 6.45) is 0.164. The molecule has 4 N–H and O–H groups in total. The van der Waals surface area contributed by atoms with Crippen LogP contribution in [0.25, 0.3) is 0 Å². The lowest BCUT2D eigenvalue weighted by atomic mass is 10.0. The summed E-state index contributed by atoms with van der Waals surface area (Å²) < 4.78 is 4.59. The minimum absolute atomic E-state index is 0.170. The summed E-state index contributed by atoms with van der Waals surface area (Å²) in [4.78, 5) is 49.2. The van der Waals surface area contributed by atoms with Crippen LogP contribution in [0.5, 0.6) is 0 Å². The smallest absolute Gasteiger partial charge is 0.407 e. The number of nitrogens with one attached hydrogen (secondary N) is 4. The Labute approximate surface area is 199 Å². The highest BCUT2D eigenvalue weighted by Crippen LogP contribution is 2.15. The summed E-state index contributed by atoms with van der Waals surface area (Å²) in [5, 5.41) is 10.5. The van der Waals surface area contributed by atoms with E-state index in [-0.39, 0.29) is 24.9 Å². The number of ether oxygens (including phenoxy) is 1. The molecule has 0 aliphatic carbocycles. The lowest BCUT2D eigenvalue weighted by molar-refractivity contribution is -0.130. The Morgan fingerprint density at radius 3 is 2.06 bits per heavy atom. The van der Waals surface area contributed by atoms with Crippen molar-refractivity contribution < 1.29 is 23.9 Å². The SMILES string of the molecule is CCC(NC(=O)[C@H](C)NC(=O)CNC(=O)[C@H](Cc1ccccc1)NC(=O)OC)c1ccccc1. The highest BCUT2D eigenvalue weighted by Gasteiger charge is 2.23. The largest absolute Gasteiger partial charge is 0.453 e. The molecule has 0 aliphatic rings. The molecule has 0 heterocycles. The Morgan fingerprint density at radius 1 is 0.853 bits per heavy atom. The van der Waals surface area contributed by atoms with Crippen molar-refractivity contribution in [3.63, 3.8) is 0 Å². The third-order valence-electron chi connectivity index (χ3n) is 5.20. The first-order valence-corrected chi connectivity index (χ1v) is 11.1. The van der Waals surface area contributed by atoms with Crippen LogP contribution >= 0.6 is 0 Å².